The van der Waals surface area contributed by atoms with Crippen LogP contribution in [0, 0.1) is 0 Å². The molecule has 0 saturated carbocycles. The van der Waals surface area contributed by atoms with Crippen LogP contribution in [0.5, 0.6) is 5.75 Å². The van der Waals surface area contributed by atoms with Crippen molar-refractivity contribution in [3.05, 3.63) is 29.5 Å². The highest BCUT2D eigenvalue weighted by atomic mass is 16.5. The minimum absolute atomic E-state index is 0.0881. The third-order valence-corrected chi connectivity index (χ3v) is 2.63. The van der Waals surface area contributed by atoms with Gasteiger partial charge in [-0.25, -0.2) is 4.79 Å². The van der Waals surface area contributed by atoms with Gasteiger partial charge in [-0.05, 0) is 19.1 Å². The maximum Gasteiger partial charge on any atom is 0.340 e. The number of aromatic hydroxyl groups is 1. The second-order valence-electron chi connectivity index (χ2n) is 3.61. The van der Waals surface area contributed by atoms with Gasteiger partial charge in [0.25, 0.3) is 0 Å². The van der Waals surface area contributed by atoms with Crippen LogP contribution >= 0.6 is 0 Å². The van der Waals surface area contributed by atoms with E-state index in [1.807, 2.05) is 0 Å². The maximum atomic E-state index is 11.7. The molecule has 2 aromatic rings. The largest absolute Gasteiger partial charge is 0.508 e. The third-order valence-electron chi connectivity index (χ3n) is 2.63. The van der Waals surface area contributed by atoms with E-state index in [1.54, 1.807) is 25.3 Å². The van der Waals surface area contributed by atoms with Crippen molar-refractivity contribution >= 4 is 16.9 Å². The van der Waals surface area contributed by atoms with Crippen molar-refractivity contribution in [2.24, 2.45) is 5.73 Å². The van der Waals surface area contributed by atoms with E-state index in [2.05, 4.69) is 4.98 Å². The minimum Gasteiger partial charge on any atom is -0.508 e. The van der Waals surface area contributed by atoms with Crippen molar-refractivity contribution in [1.82, 2.24) is 4.98 Å². The summed E-state index contributed by atoms with van der Waals surface area (Å²) in [6.07, 6.45) is 1.57. The Balaban J connectivity index is 2.65. The van der Waals surface area contributed by atoms with Crippen molar-refractivity contribution in [2.45, 2.75) is 13.5 Å². The number of phenols is 1. The lowest BCUT2D eigenvalue weighted by molar-refractivity contribution is 0.0528. The van der Waals surface area contributed by atoms with Crippen LogP contribution < -0.4 is 5.73 Å². The standard InChI is InChI=1S/C12H14N2O3/c1-2-17-12(16)8-6-14-9-3-4-10(15)7(5-13)11(8)9/h3-4,6,14-15H,2,5,13H2,1H3. The van der Waals surface area contributed by atoms with E-state index in [4.69, 9.17) is 10.5 Å². The van der Waals surface area contributed by atoms with Crippen molar-refractivity contribution in [3.63, 3.8) is 0 Å². The summed E-state index contributed by atoms with van der Waals surface area (Å²) in [5.74, 6) is -0.329. The van der Waals surface area contributed by atoms with E-state index in [9.17, 15) is 9.90 Å². The Morgan fingerprint density at radius 3 is 2.94 bits per heavy atom. The summed E-state index contributed by atoms with van der Waals surface area (Å²) in [6.45, 7) is 2.21. The van der Waals surface area contributed by atoms with Crippen molar-refractivity contribution in [1.29, 1.82) is 0 Å². The van der Waals surface area contributed by atoms with E-state index in [1.165, 1.54) is 0 Å². The van der Waals surface area contributed by atoms with Crippen LogP contribution in [0.4, 0.5) is 0 Å². The van der Waals surface area contributed by atoms with Gasteiger partial charge in [0.05, 0.1) is 12.2 Å². The van der Waals surface area contributed by atoms with Gasteiger partial charge < -0.3 is 20.6 Å². The predicted molar refractivity (Wildman–Crippen MR) is 63.8 cm³/mol. The number of nitrogens with two attached hydrogens (primary N) is 1. The Morgan fingerprint density at radius 2 is 2.29 bits per heavy atom. The lowest BCUT2D eigenvalue weighted by atomic mass is 10.1. The van der Waals surface area contributed by atoms with Crippen LogP contribution in [0.3, 0.4) is 0 Å². The molecule has 0 fully saturated rings. The summed E-state index contributed by atoms with van der Waals surface area (Å²) in [5, 5.41) is 10.3. The molecule has 1 heterocycles. The zero-order chi connectivity index (χ0) is 12.4. The number of aromatic amines is 1. The van der Waals surface area contributed by atoms with Crippen LogP contribution in [-0.4, -0.2) is 22.7 Å². The summed E-state index contributed by atoms with van der Waals surface area (Å²) in [7, 11) is 0. The number of nitrogens with one attached hydrogen (secondary N) is 1. The smallest absolute Gasteiger partial charge is 0.340 e. The van der Waals surface area contributed by atoms with E-state index >= 15 is 0 Å². The van der Waals surface area contributed by atoms with Crippen LogP contribution in [0.25, 0.3) is 10.9 Å². The highest BCUT2D eigenvalue weighted by molar-refractivity contribution is 6.06. The number of benzene rings is 1. The second kappa shape index (κ2) is 4.47. The molecule has 0 spiro atoms. The van der Waals surface area contributed by atoms with Gasteiger partial charge in [-0.15, -0.1) is 0 Å². The second-order valence-corrected chi connectivity index (χ2v) is 3.61. The highest BCUT2D eigenvalue weighted by Gasteiger charge is 2.17. The number of ether oxygens (including phenoxy) is 1. The number of rotatable bonds is 3. The Labute approximate surface area is 98.2 Å². The molecule has 4 N–H and O–H groups in total. The first-order chi connectivity index (χ1) is 8.19. The van der Waals surface area contributed by atoms with E-state index in [0.29, 0.717) is 23.1 Å². The highest BCUT2D eigenvalue weighted by Crippen LogP contribution is 2.29. The molecule has 0 aliphatic heterocycles. The number of esters is 1. The molecular formula is C12H14N2O3. The van der Waals surface area contributed by atoms with Gasteiger partial charge in [0.2, 0.25) is 0 Å². The monoisotopic (exact) mass is 234 g/mol. The number of fused-ring (bicyclic) bond motifs is 1. The molecule has 0 saturated heterocycles. The fourth-order valence-corrected chi connectivity index (χ4v) is 1.86. The van der Waals surface area contributed by atoms with Crippen LogP contribution in [0.1, 0.15) is 22.8 Å². The average molecular weight is 234 g/mol. The quantitative estimate of drug-likeness (QED) is 0.702. The normalized spacial score (nSPS) is 10.7. The van der Waals surface area contributed by atoms with Crippen LogP contribution in [0.2, 0.25) is 0 Å². The van der Waals surface area contributed by atoms with E-state index in [0.717, 1.165) is 5.52 Å². The molecule has 0 aliphatic carbocycles. The predicted octanol–water partition coefficient (Wildman–Crippen LogP) is 1.51. The molecule has 5 heteroatoms. The first kappa shape index (κ1) is 11.5. The van der Waals surface area contributed by atoms with E-state index in [-0.39, 0.29) is 12.3 Å². The number of hydrogen-bond acceptors (Lipinski definition) is 4. The molecule has 0 aliphatic rings. The van der Waals surface area contributed by atoms with Crippen molar-refractivity contribution in [2.75, 3.05) is 6.61 Å². The number of aromatic nitrogens is 1. The molecule has 5 nitrogen and oxygen atoms in total. The molecule has 0 unspecified atom stereocenters. The first-order valence-corrected chi connectivity index (χ1v) is 5.38. The Morgan fingerprint density at radius 1 is 1.53 bits per heavy atom. The van der Waals surface area contributed by atoms with Gasteiger partial charge >= 0.3 is 5.97 Å². The fourth-order valence-electron chi connectivity index (χ4n) is 1.86. The van der Waals surface area contributed by atoms with Crippen molar-refractivity contribution < 1.29 is 14.6 Å². The van der Waals surface area contributed by atoms with Gasteiger partial charge in [-0.1, -0.05) is 0 Å². The molecule has 90 valence electrons. The number of H-pyrrole nitrogens is 1. The molecule has 17 heavy (non-hydrogen) atoms. The molecule has 2 rings (SSSR count). The van der Waals surface area contributed by atoms with E-state index < -0.39 is 5.97 Å². The Hall–Kier alpha value is -2.01. The molecule has 0 amide bonds. The van der Waals surface area contributed by atoms with Crippen LogP contribution in [-0.2, 0) is 11.3 Å². The van der Waals surface area contributed by atoms with Gasteiger partial charge in [-0.2, -0.15) is 0 Å². The average Bonchev–Trinajstić information content (AvgIpc) is 2.73. The summed E-state index contributed by atoms with van der Waals surface area (Å²) >= 11 is 0. The summed E-state index contributed by atoms with van der Waals surface area (Å²) in [6, 6.07) is 3.25. The van der Waals surface area contributed by atoms with Gasteiger partial charge in [0, 0.05) is 29.2 Å². The molecule has 0 bridgehead atoms. The minimum atomic E-state index is -0.418. The molecule has 1 aromatic heterocycles. The number of carbonyl (C=O) groups is 1. The maximum absolute atomic E-state index is 11.7. The molecule has 0 atom stereocenters. The first-order valence-electron chi connectivity index (χ1n) is 5.38. The molecule has 0 radical (unpaired) electrons. The number of hydrogen-bond donors (Lipinski definition) is 3. The third kappa shape index (κ3) is 1.85. The lowest BCUT2D eigenvalue weighted by Gasteiger charge is -2.06. The van der Waals surface area contributed by atoms with Crippen LogP contribution in [0.15, 0.2) is 18.3 Å². The zero-order valence-electron chi connectivity index (χ0n) is 9.49. The van der Waals surface area contributed by atoms with Gasteiger partial charge in [0.15, 0.2) is 0 Å². The fraction of sp³-hybridized carbons (Fsp3) is 0.250. The van der Waals surface area contributed by atoms with Crippen molar-refractivity contribution in [3.8, 4) is 5.75 Å². The lowest BCUT2D eigenvalue weighted by Crippen LogP contribution is -2.05. The topological polar surface area (TPSA) is 88.3 Å². The molecular weight excluding hydrogens is 220 g/mol. The zero-order valence-corrected chi connectivity index (χ0v) is 9.49. The summed E-state index contributed by atoms with van der Waals surface area (Å²) in [4.78, 5) is 14.7. The summed E-state index contributed by atoms with van der Waals surface area (Å²) < 4.78 is 4.95. The van der Waals surface area contributed by atoms with Gasteiger partial charge in [0.1, 0.15) is 5.75 Å². The number of phenolic OH excluding ortho intramolecular Hbond substituents is 1. The van der Waals surface area contributed by atoms with Gasteiger partial charge in [-0.3, -0.25) is 0 Å². The molecule has 1 aromatic carbocycles. The SMILES string of the molecule is CCOC(=O)c1c[nH]c2ccc(O)c(CN)c12. The number of carbonyl (C=O) groups excluding carboxylic acids is 1. The Kier molecular flexibility index (Phi) is 3.01. The summed E-state index contributed by atoms with van der Waals surface area (Å²) in [5.41, 5.74) is 7.30. The Bertz CT molecular complexity index is 560.